The van der Waals surface area contributed by atoms with Gasteiger partial charge in [0.1, 0.15) is 11.5 Å². The summed E-state index contributed by atoms with van der Waals surface area (Å²) in [6.07, 6.45) is 0.0425. The van der Waals surface area contributed by atoms with Crippen LogP contribution in [0.1, 0.15) is 11.1 Å². The lowest BCUT2D eigenvalue weighted by atomic mass is 10.1. The van der Waals surface area contributed by atoms with Crippen molar-refractivity contribution in [2.75, 3.05) is 40.4 Å². The fourth-order valence-corrected chi connectivity index (χ4v) is 3.51. The number of carbonyl (C=O) groups excluding carboxylic acids is 1. The van der Waals surface area contributed by atoms with E-state index in [9.17, 15) is 14.9 Å². The molecule has 0 saturated carbocycles. The van der Waals surface area contributed by atoms with E-state index in [0.717, 1.165) is 30.2 Å². The number of hydrogen-bond donors (Lipinski definition) is 0. The van der Waals surface area contributed by atoms with Gasteiger partial charge >= 0.3 is 0 Å². The molecule has 0 unspecified atom stereocenters. The Bertz CT molecular complexity index is 878. The Balaban J connectivity index is 1.58. The molecule has 2 aromatic rings. The number of methoxy groups -OCH3 is 2. The number of amides is 1. The molecule has 154 valence electrons. The molecule has 3 rings (SSSR count). The van der Waals surface area contributed by atoms with E-state index in [-0.39, 0.29) is 18.0 Å². The lowest BCUT2D eigenvalue weighted by molar-refractivity contribution is -0.385. The number of piperazine rings is 1. The number of hydrogen-bond acceptors (Lipinski definition) is 6. The maximum atomic E-state index is 12.6. The van der Waals surface area contributed by atoms with Crippen molar-refractivity contribution in [3.63, 3.8) is 0 Å². The fraction of sp³-hybridized carbons (Fsp3) is 0.381. The van der Waals surface area contributed by atoms with Crippen molar-refractivity contribution in [1.29, 1.82) is 0 Å². The zero-order chi connectivity index (χ0) is 20.8. The van der Waals surface area contributed by atoms with Crippen molar-refractivity contribution >= 4 is 11.6 Å². The van der Waals surface area contributed by atoms with Gasteiger partial charge in [-0.1, -0.05) is 18.2 Å². The van der Waals surface area contributed by atoms with Gasteiger partial charge in [-0.3, -0.25) is 19.8 Å². The summed E-state index contributed by atoms with van der Waals surface area (Å²) in [5, 5.41) is 11.1. The molecule has 1 aliphatic heterocycles. The lowest BCUT2D eigenvalue weighted by Crippen LogP contribution is -2.48. The molecule has 8 nitrogen and oxygen atoms in total. The first-order valence-corrected chi connectivity index (χ1v) is 9.45. The SMILES string of the molecule is COc1ccc(OC)c(CN2CCN(C(=O)Cc3ccccc3[N+](=O)[O-])CC2)c1. The number of benzene rings is 2. The highest BCUT2D eigenvalue weighted by atomic mass is 16.6. The van der Waals surface area contributed by atoms with Crippen molar-refractivity contribution in [3.8, 4) is 11.5 Å². The summed E-state index contributed by atoms with van der Waals surface area (Å²) < 4.78 is 10.7. The zero-order valence-corrected chi connectivity index (χ0v) is 16.7. The monoisotopic (exact) mass is 399 g/mol. The Hall–Kier alpha value is -3.13. The number of carbonyl (C=O) groups is 1. The molecule has 0 N–H and O–H groups in total. The molecule has 1 amide bonds. The van der Waals surface area contributed by atoms with Crippen LogP contribution in [0, 0.1) is 10.1 Å². The second kappa shape index (κ2) is 9.38. The maximum absolute atomic E-state index is 12.6. The van der Waals surface area contributed by atoms with Crippen LogP contribution >= 0.6 is 0 Å². The number of nitro benzene ring substituents is 1. The molecule has 0 atom stereocenters. The molecule has 8 heteroatoms. The molecule has 0 aromatic heterocycles. The Labute approximate surface area is 169 Å². The molecular formula is C21H25N3O5. The first-order chi connectivity index (χ1) is 14.0. The summed E-state index contributed by atoms with van der Waals surface area (Å²) in [5.74, 6) is 1.50. The summed E-state index contributed by atoms with van der Waals surface area (Å²) in [6.45, 7) is 3.33. The van der Waals surface area contributed by atoms with Crippen LogP contribution in [0.3, 0.4) is 0 Å². The minimum atomic E-state index is -0.442. The smallest absolute Gasteiger partial charge is 0.273 e. The van der Waals surface area contributed by atoms with Crippen molar-refractivity contribution in [2.45, 2.75) is 13.0 Å². The number of ether oxygens (including phenoxy) is 2. The zero-order valence-electron chi connectivity index (χ0n) is 16.7. The minimum Gasteiger partial charge on any atom is -0.497 e. The molecule has 0 aliphatic carbocycles. The van der Waals surface area contributed by atoms with Crippen molar-refractivity contribution < 1.29 is 19.2 Å². The second-order valence-corrected chi connectivity index (χ2v) is 6.90. The van der Waals surface area contributed by atoms with Gasteiger partial charge in [-0.05, 0) is 18.2 Å². The van der Waals surface area contributed by atoms with Gasteiger partial charge in [-0.2, -0.15) is 0 Å². The third kappa shape index (κ3) is 5.03. The molecule has 1 aliphatic rings. The molecule has 2 aromatic carbocycles. The van der Waals surface area contributed by atoms with Gasteiger partial charge in [0.05, 0.1) is 25.6 Å². The van der Waals surface area contributed by atoms with Crippen molar-refractivity contribution in [2.24, 2.45) is 0 Å². The predicted molar refractivity (Wildman–Crippen MR) is 108 cm³/mol. The van der Waals surface area contributed by atoms with Gasteiger partial charge in [0, 0.05) is 49.9 Å². The molecule has 29 heavy (non-hydrogen) atoms. The average Bonchev–Trinajstić information content (AvgIpc) is 2.74. The van der Waals surface area contributed by atoms with Gasteiger partial charge in [-0.25, -0.2) is 0 Å². The predicted octanol–water partition coefficient (Wildman–Crippen LogP) is 2.50. The van der Waals surface area contributed by atoms with E-state index in [0.29, 0.717) is 25.2 Å². The van der Waals surface area contributed by atoms with Gasteiger partial charge in [0.25, 0.3) is 5.69 Å². The van der Waals surface area contributed by atoms with Crippen LogP contribution in [0.2, 0.25) is 0 Å². The van der Waals surface area contributed by atoms with Gasteiger partial charge < -0.3 is 14.4 Å². The third-order valence-electron chi connectivity index (χ3n) is 5.14. The summed E-state index contributed by atoms with van der Waals surface area (Å²) in [6, 6.07) is 12.1. The minimum absolute atomic E-state index is 0.00962. The van der Waals surface area contributed by atoms with E-state index < -0.39 is 4.92 Å². The summed E-state index contributed by atoms with van der Waals surface area (Å²) >= 11 is 0. The van der Waals surface area contributed by atoms with Crippen LogP contribution in [-0.4, -0.2) is 61.0 Å². The quantitative estimate of drug-likeness (QED) is 0.525. The molecule has 1 saturated heterocycles. The summed E-state index contributed by atoms with van der Waals surface area (Å²) in [7, 11) is 3.28. The molecule has 0 radical (unpaired) electrons. The van der Waals surface area contributed by atoms with Gasteiger partial charge in [0.2, 0.25) is 5.91 Å². The molecule has 1 fully saturated rings. The van der Waals surface area contributed by atoms with Crippen LogP contribution in [0.4, 0.5) is 5.69 Å². The number of rotatable bonds is 7. The first-order valence-electron chi connectivity index (χ1n) is 9.45. The van der Waals surface area contributed by atoms with E-state index in [2.05, 4.69) is 4.90 Å². The van der Waals surface area contributed by atoms with E-state index in [4.69, 9.17) is 9.47 Å². The largest absolute Gasteiger partial charge is 0.497 e. The molecular weight excluding hydrogens is 374 g/mol. The van der Waals surface area contributed by atoms with E-state index >= 15 is 0 Å². The molecule has 0 bridgehead atoms. The number of para-hydroxylation sites is 1. The van der Waals surface area contributed by atoms with E-state index in [1.807, 2.05) is 18.2 Å². The highest BCUT2D eigenvalue weighted by molar-refractivity contribution is 5.80. The summed E-state index contributed by atoms with van der Waals surface area (Å²) in [4.78, 5) is 27.4. The molecule has 1 heterocycles. The first kappa shape index (κ1) is 20.6. The van der Waals surface area contributed by atoms with E-state index in [1.165, 1.54) is 6.07 Å². The number of nitro groups is 1. The number of nitrogens with zero attached hydrogens (tertiary/aromatic N) is 3. The average molecular weight is 399 g/mol. The van der Waals surface area contributed by atoms with Crippen LogP contribution in [0.5, 0.6) is 11.5 Å². The lowest BCUT2D eigenvalue weighted by Gasteiger charge is -2.35. The van der Waals surface area contributed by atoms with Crippen molar-refractivity contribution in [3.05, 3.63) is 63.7 Å². The Morgan fingerprint density at radius 3 is 2.41 bits per heavy atom. The second-order valence-electron chi connectivity index (χ2n) is 6.90. The normalized spacial score (nSPS) is 14.5. The van der Waals surface area contributed by atoms with Gasteiger partial charge in [-0.15, -0.1) is 0 Å². The van der Waals surface area contributed by atoms with E-state index in [1.54, 1.807) is 37.3 Å². The fourth-order valence-electron chi connectivity index (χ4n) is 3.51. The van der Waals surface area contributed by atoms with Crippen LogP contribution in [-0.2, 0) is 17.8 Å². The third-order valence-corrected chi connectivity index (χ3v) is 5.14. The van der Waals surface area contributed by atoms with Crippen LogP contribution in [0.25, 0.3) is 0 Å². The highest BCUT2D eigenvalue weighted by Gasteiger charge is 2.24. The van der Waals surface area contributed by atoms with Crippen molar-refractivity contribution in [1.82, 2.24) is 9.80 Å². The van der Waals surface area contributed by atoms with Crippen LogP contribution < -0.4 is 9.47 Å². The Kier molecular flexibility index (Phi) is 6.66. The van der Waals surface area contributed by atoms with Gasteiger partial charge in [0.15, 0.2) is 0 Å². The standard InChI is InChI=1S/C21H25N3O5/c1-28-18-7-8-20(29-2)17(13-18)15-22-9-11-23(12-10-22)21(25)14-16-5-3-4-6-19(16)24(26)27/h3-8,13H,9-12,14-15H2,1-2H3. The topological polar surface area (TPSA) is 85.2 Å². The maximum Gasteiger partial charge on any atom is 0.273 e. The summed E-state index contributed by atoms with van der Waals surface area (Å²) in [5.41, 5.74) is 1.47. The highest BCUT2D eigenvalue weighted by Crippen LogP contribution is 2.26. The molecule has 0 spiro atoms. The Morgan fingerprint density at radius 1 is 1.03 bits per heavy atom. The van der Waals surface area contributed by atoms with Crippen LogP contribution in [0.15, 0.2) is 42.5 Å². The Morgan fingerprint density at radius 2 is 1.76 bits per heavy atom.